The fourth-order valence-corrected chi connectivity index (χ4v) is 3.51. The molecule has 0 atom stereocenters. The van der Waals surface area contributed by atoms with E-state index in [1.165, 1.54) is 5.56 Å². The number of aliphatic hydroxyl groups is 1. The summed E-state index contributed by atoms with van der Waals surface area (Å²) >= 11 is 1.64. The number of nitrogens with one attached hydrogen (secondary N) is 1. The first kappa shape index (κ1) is 16.4. The Bertz CT molecular complexity index is 604. The van der Waals surface area contributed by atoms with E-state index >= 15 is 0 Å². The van der Waals surface area contributed by atoms with E-state index < -0.39 is 0 Å². The van der Waals surface area contributed by atoms with Gasteiger partial charge in [0, 0.05) is 18.0 Å². The summed E-state index contributed by atoms with van der Waals surface area (Å²) in [4.78, 5) is 4.62. The average molecular weight is 332 g/mol. The van der Waals surface area contributed by atoms with Crippen LogP contribution in [0.2, 0.25) is 0 Å². The second-order valence-corrected chi connectivity index (χ2v) is 7.16. The van der Waals surface area contributed by atoms with Crippen molar-refractivity contribution in [2.45, 2.75) is 57.9 Å². The Hall–Kier alpha value is -1.43. The number of thiazole rings is 1. The number of ether oxygens (including phenoxy) is 1. The number of benzene rings is 1. The number of aryl methyl sites for hydroxylation is 1. The Morgan fingerprint density at radius 1 is 1.22 bits per heavy atom. The van der Waals surface area contributed by atoms with Crippen LogP contribution in [0.3, 0.4) is 0 Å². The number of hydrogen-bond acceptors (Lipinski definition) is 5. The molecule has 0 aliphatic heterocycles. The number of rotatable bonds is 6. The minimum atomic E-state index is -0.0992. The van der Waals surface area contributed by atoms with E-state index in [0.717, 1.165) is 48.7 Å². The molecule has 1 saturated carbocycles. The van der Waals surface area contributed by atoms with Crippen molar-refractivity contribution in [3.8, 4) is 5.75 Å². The first-order valence-corrected chi connectivity index (χ1v) is 9.11. The Morgan fingerprint density at radius 3 is 2.70 bits per heavy atom. The van der Waals surface area contributed by atoms with E-state index in [1.807, 2.05) is 24.3 Å². The molecular formula is C18H24N2O2S. The molecule has 0 bridgehead atoms. The normalized spacial score (nSPS) is 21.3. The molecule has 4 nitrogen and oxygen atoms in total. The lowest BCUT2D eigenvalue weighted by atomic mass is 9.93. The molecule has 1 aromatic heterocycles. The Morgan fingerprint density at radius 2 is 1.96 bits per heavy atom. The van der Waals surface area contributed by atoms with Gasteiger partial charge in [-0.05, 0) is 44.7 Å². The first-order valence-electron chi connectivity index (χ1n) is 8.23. The molecule has 124 valence electrons. The largest absolute Gasteiger partial charge is 0.486 e. The van der Waals surface area contributed by atoms with Gasteiger partial charge in [-0.15, -0.1) is 11.3 Å². The fourth-order valence-electron chi connectivity index (χ4n) is 2.80. The molecule has 23 heavy (non-hydrogen) atoms. The molecule has 2 N–H and O–H groups in total. The second kappa shape index (κ2) is 7.90. The molecule has 0 radical (unpaired) electrons. The zero-order valence-electron chi connectivity index (χ0n) is 13.5. The fraction of sp³-hybridized carbons (Fsp3) is 0.500. The summed E-state index contributed by atoms with van der Waals surface area (Å²) in [6, 6.07) is 8.58. The van der Waals surface area contributed by atoms with Crippen LogP contribution in [0.25, 0.3) is 0 Å². The molecule has 5 heteroatoms. The van der Waals surface area contributed by atoms with E-state index in [2.05, 4.69) is 22.6 Å². The maximum absolute atomic E-state index is 9.53. The lowest BCUT2D eigenvalue weighted by Crippen LogP contribution is -2.34. The summed E-state index contributed by atoms with van der Waals surface area (Å²) in [5.41, 5.74) is 2.30. The van der Waals surface area contributed by atoms with E-state index in [4.69, 9.17) is 4.74 Å². The van der Waals surface area contributed by atoms with Gasteiger partial charge in [0.15, 0.2) is 0 Å². The lowest BCUT2D eigenvalue weighted by molar-refractivity contribution is 0.116. The Labute approximate surface area is 141 Å². The maximum atomic E-state index is 9.53. The molecule has 1 heterocycles. The molecule has 0 amide bonds. The van der Waals surface area contributed by atoms with Gasteiger partial charge in [-0.1, -0.05) is 17.7 Å². The summed E-state index contributed by atoms with van der Waals surface area (Å²) in [5, 5.41) is 16.2. The monoisotopic (exact) mass is 332 g/mol. The van der Waals surface area contributed by atoms with Gasteiger partial charge in [-0.3, -0.25) is 0 Å². The summed E-state index contributed by atoms with van der Waals surface area (Å²) in [6.07, 6.45) is 3.82. The van der Waals surface area contributed by atoms with Crippen LogP contribution in [0, 0.1) is 6.92 Å². The first-order chi connectivity index (χ1) is 11.2. The highest BCUT2D eigenvalue weighted by atomic mass is 32.1. The van der Waals surface area contributed by atoms with Crippen LogP contribution < -0.4 is 10.1 Å². The third-order valence-corrected chi connectivity index (χ3v) is 5.12. The standard InChI is InChI=1S/C18H24N2O2S/c1-13-2-8-17(9-3-13)22-11-18-20-15(12-23-18)10-19-14-4-6-16(21)7-5-14/h2-3,8-9,12,14,16,19,21H,4-7,10-11H2,1H3. The van der Waals surface area contributed by atoms with Crippen molar-refractivity contribution < 1.29 is 9.84 Å². The minimum Gasteiger partial charge on any atom is -0.486 e. The predicted octanol–water partition coefficient (Wildman–Crippen LogP) is 3.42. The third kappa shape index (κ3) is 5.03. The van der Waals surface area contributed by atoms with Crippen molar-refractivity contribution in [3.63, 3.8) is 0 Å². The number of aromatic nitrogens is 1. The number of nitrogens with zero attached hydrogens (tertiary/aromatic N) is 1. The average Bonchev–Trinajstić information content (AvgIpc) is 3.02. The van der Waals surface area contributed by atoms with Gasteiger partial charge in [0.05, 0.1) is 11.8 Å². The number of hydrogen-bond donors (Lipinski definition) is 2. The molecule has 1 aliphatic carbocycles. The van der Waals surface area contributed by atoms with Gasteiger partial charge in [0.2, 0.25) is 0 Å². The quantitative estimate of drug-likeness (QED) is 0.851. The highest BCUT2D eigenvalue weighted by Gasteiger charge is 2.18. The zero-order chi connectivity index (χ0) is 16.1. The molecule has 0 spiro atoms. The summed E-state index contributed by atoms with van der Waals surface area (Å²) < 4.78 is 5.77. The van der Waals surface area contributed by atoms with Gasteiger partial charge in [-0.25, -0.2) is 4.98 Å². The Balaban J connectivity index is 1.43. The van der Waals surface area contributed by atoms with Crippen LogP contribution >= 0.6 is 11.3 Å². The van der Waals surface area contributed by atoms with E-state index in [1.54, 1.807) is 11.3 Å². The van der Waals surface area contributed by atoms with Crippen LogP contribution in [0.1, 0.15) is 41.9 Å². The van der Waals surface area contributed by atoms with Crippen molar-refractivity contribution in [3.05, 3.63) is 45.9 Å². The number of aliphatic hydroxyl groups excluding tert-OH is 1. The summed E-state index contributed by atoms with van der Waals surface area (Å²) in [6.45, 7) is 3.38. The maximum Gasteiger partial charge on any atom is 0.140 e. The van der Waals surface area contributed by atoms with Gasteiger partial charge in [-0.2, -0.15) is 0 Å². The van der Waals surface area contributed by atoms with Gasteiger partial charge in [0.25, 0.3) is 0 Å². The lowest BCUT2D eigenvalue weighted by Gasteiger charge is -2.25. The molecule has 1 aliphatic rings. The topological polar surface area (TPSA) is 54.4 Å². The molecule has 0 unspecified atom stereocenters. The minimum absolute atomic E-state index is 0.0992. The van der Waals surface area contributed by atoms with Crippen molar-refractivity contribution in [1.82, 2.24) is 10.3 Å². The van der Waals surface area contributed by atoms with E-state index in [9.17, 15) is 5.11 Å². The second-order valence-electron chi connectivity index (χ2n) is 6.22. The highest BCUT2D eigenvalue weighted by molar-refractivity contribution is 7.09. The Kier molecular flexibility index (Phi) is 5.65. The van der Waals surface area contributed by atoms with Crippen molar-refractivity contribution in [1.29, 1.82) is 0 Å². The predicted molar refractivity (Wildman–Crippen MR) is 92.7 cm³/mol. The van der Waals surface area contributed by atoms with Crippen LogP contribution in [0.5, 0.6) is 5.75 Å². The third-order valence-electron chi connectivity index (χ3n) is 4.25. The molecule has 1 aromatic carbocycles. The van der Waals surface area contributed by atoms with Crippen LogP contribution in [0.4, 0.5) is 0 Å². The van der Waals surface area contributed by atoms with Crippen LogP contribution in [-0.4, -0.2) is 22.2 Å². The molecule has 2 aromatic rings. The molecule has 1 fully saturated rings. The molecule has 3 rings (SSSR count). The highest BCUT2D eigenvalue weighted by Crippen LogP contribution is 2.19. The van der Waals surface area contributed by atoms with Crippen LogP contribution in [-0.2, 0) is 13.2 Å². The van der Waals surface area contributed by atoms with Gasteiger partial charge < -0.3 is 15.2 Å². The van der Waals surface area contributed by atoms with Gasteiger partial charge in [0.1, 0.15) is 17.4 Å². The van der Waals surface area contributed by atoms with E-state index in [0.29, 0.717) is 12.6 Å². The van der Waals surface area contributed by atoms with Crippen molar-refractivity contribution in [2.75, 3.05) is 0 Å². The zero-order valence-corrected chi connectivity index (χ0v) is 14.3. The smallest absolute Gasteiger partial charge is 0.140 e. The van der Waals surface area contributed by atoms with E-state index in [-0.39, 0.29) is 6.10 Å². The summed E-state index contributed by atoms with van der Waals surface area (Å²) in [5.74, 6) is 0.881. The molecule has 0 saturated heterocycles. The van der Waals surface area contributed by atoms with Crippen molar-refractivity contribution >= 4 is 11.3 Å². The molecular weight excluding hydrogens is 308 g/mol. The SMILES string of the molecule is Cc1ccc(OCc2nc(CNC3CCC(O)CC3)cs2)cc1. The summed E-state index contributed by atoms with van der Waals surface area (Å²) in [7, 11) is 0. The van der Waals surface area contributed by atoms with Crippen LogP contribution in [0.15, 0.2) is 29.6 Å². The van der Waals surface area contributed by atoms with Gasteiger partial charge >= 0.3 is 0 Å². The van der Waals surface area contributed by atoms with Crippen molar-refractivity contribution in [2.24, 2.45) is 0 Å².